The molecular formula is C21H15ClN6. The summed E-state index contributed by atoms with van der Waals surface area (Å²) in [5.41, 5.74) is 4.69. The van der Waals surface area contributed by atoms with Gasteiger partial charge < -0.3 is 9.55 Å². The zero-order valence-electron chi connectivity index (χ0n) is 14.8. The van der Waals surface area contributed by atoms with E-state index in [1.807, 2.05) is 55.1 Å². The van der Waals surface area contributed by atoms with Crippen molar-refractivity contribution in [2.75, 3.05) is 0 Å². The predicted molar refractivity (Wildman–Crippen MR) is 109 cm³/mol. The van der Waals surface area contributed by atoms with E-state index >= 15 is 0 Å². The quantitative estimate of drug-likeness (QED) is 0.475. The maximum absolute atomic E-state index is 8.86. The summed E-state index contributed by atoms with van der Waals surface area (Å²) in [5, 5.41) is 16.0. The van der Waals surface area contributed by atoms with Gasteiger partial charge in [-0.15, -0.1) is 0 Å². The first-order chi connectivity index (χ1) is 13.8. The summed E-state index contributed by atoms with van der Waals surface area (Å²) < 4.78 is 3.94. The molecule has 0 spiro atoms. The monoisotopic (exact) mass is 386 g/mol. The summed E-state index contributed by atoms with van der Waals surface area (Å²) in [6.07, 6.45) is 7.94. The number of aromatic nitrogens is 5. The summed E-state index contributed by atoms with van der Waals surface area (Å²) in [4.78, 5) is 7.70. The summed E-state index contributed by atoms with van der Waals surface area (Å²) >= 11 is 6.52. The molecule has 136 valence electrons. The molecule has 0 radical (unpaired) electrons. The molecule has 4 heterocycles. The van der Waals surface area contributed by atoms with Crippen molar-refractivity contribution in [1.82, 2.24) is 24.3 Å². The Morgan fingerprint density at radius 2 is 2.07 bits per heavy atom. The van der Waals surface area contributed by atoms with Crippen molar-refractivity contribution < 1.29 is 0 Å². The van der Waals surface area contributed by atoms with Crippen LogP contribution >= 0.6 is 11.6 Å². The van der Waals surface area contributed by atoms with Crippen molar-refractivity contribution in [2.45, 2.75) is 13.0 Å². The number of nitrogens with zero attached hydrogens (tertiary/aromatic N) is 5. The first kappa shape index (κ1) is 16.6. The molecule has 0 saturated heterocycles. The van der Waals surface area contributed by atoms with E-state index in [1.54, 1.807) is 4.68 Å². The Hall–Kier alpha value is -3.56. The number of aryl methyl sites for hydroxylation is 1. The molecule has 4 aromatic heterocycles. The molecule has 0 fully saturated rings. The molecule has 0 saturated carbocycles. The highest BCUT2D eigenvalue weighted by molar-refractivity contribution is 6.33. The summed E-state index contributed by atoms with van der Waals surface area (Å²) in [6.45, 7) is 0.554. The van der Waals surface area contributed by atoms with Crippen molar-refractivity contribution in [3.8, 4) is 23.0 Å². The number of nitriles is 1. The summed E-state index contributed by atoms with van der Waals surface area (Å²) in [7, 11) is 0. The minimum absolute atomic E-state index is 0.414. The molecular weight excluding hydrogens is 372 g/mol. The fourth-order valence-electron chi connectivity index (χ4n) is 3.59. The predicted octanol–water partition coefficient (Wildman–Crippen LogP) is 4.94. The van der Waals surface area contributed by atoms with Crippen LogP contribution in [-0.2, 0) is 6.54 Å². The van der Waals surface area contributed by atoms with E-state index in [0.717, 1.165) is 38.9 Å². The van der Waals surface area contributed by atoms with Crippen molar-refractivity contribution in [2.24, 2.45) is 0 Å². The highest BCUT2D eigenvalue weighted by Crippen LogP contribution is 2.37. The largest absolute Gasteiger partial charge is 0.346 e. The van der Waals surface area contributed by atoms with E-state index in [9.17, 15) is 0 Å². The topological polar surface area (TPSA) is 75.2 Å². The Labute approximate surface area is 165 Å². The van der Waals surface area contributed by atoms with Crippen molar-refractivity contribution in [3.63, 3.8) is 0 Å². The van der Waals surface area contributed by atoms with Crippen molar-refractivity contribution >= 4 is 33.5 Å². The number of benzene rings is 1. The lowest BCUT2D eigenvalue weighted by Gasteiger charge is -2.10. The van der Waals surface area contributed by atoms with Gasteiger partial charge in [-0.1, -0.05) is 29.8 Å². The minimum Gasteiger partial charge on any atom is -0.346 e. The normalized spacial score (nSPS) is 11.3. The first-order valence-electron chi connectivity index (χ1n) is 8.88. The molecule has 5 aromatic rings. The molecule has 0 aliphatic rings. The van der Waals surface area contributed by atoms with Crippen LogP contribution < -0.4 is 0 Å². The zero-order valence-corrected chi connectivity index (χ0v) is 15.6. The lowest BCUT2D eigenvalue weighted by atomic mass is 10.1. The van der Waals surface area contributed by atoms with E-state index in [0.29, 0.717) is 18.0 Å². The van der Waals surface area contributed by atoms with E-state index < -0.39 is 0 Å². The Bertz CT molecular complexity index is 1350. The number of aromatic amines is 1. The smallest absolute Gasteiger partial charge is 0.139 e. The zero-order chi connectivity index (χ0) is 19.1. The lowest BCUT2D eigenvalue weighted by Crippen LogP contribution is -1.98. The standard InChI is InChI=1S/C21H15ClN6/c22-18-5-2-1-4-16(18)19-10-14-11-25-21-17(6-8-24-21)20(14)28(19)15-12-26-27(13-15)9-3-7-23/h1-2,4-6,8,10-13H,3,9H2,(H,24,25). The maximum atomic E-state index is 8.86. The second kappa shape index (κ2) is 6.55. The van der Waals surface area contributed by atoms with Crippen LogP contribution in [0.3, 0.4) is 0 Å². The first-order valence-corrected chi connectivity index (χ1v) is 9.26. The molecule has 0 atom stereocenters. The van der Waals surface area contributed by atoms with Gasteiger partial charge in [0.25, 0.3) is 0 Å². The van der Waals surface area contributed by atoms with Crippen LogP contribution in [0.25, 0.3) is 38.9 Å². The van der Waals surface area contributed by atoms with Gasteiger partial charge in [0.05, 0.1) is 42.1 Å². The SMILES string of the molecule is N#CCCn1cc(-n2c(-c3ccccc3Cl)cc3cnc4[nH]ccc4c32)cn1. The van der Waals surface area contributed by atoms with Gasteiger partial charge in [0.1, 0.15) is 5.65 Å². The Morgan fingerprint density at radius 3 is 2.93 bits per heavy atom. The molecule has 1 N–H and O–H groups in total. The molecule has 28 heavy (non-hydrogen) atoms. The van der Waals surface area contributed by atoms with E-state index in [1.165, 1.54) is 0 Å². The Kier molecular flexibility index (Phi) is 3.89. The number of nitrogens with one attached hydrogen (secondary N) is 1. The van der Waals surface area contributed by atoms with Gasteiger partial charge in [0.15, 0.2) is 0 Å². The Morgan fingerprint density at radius 1 is 1.18 bits per heavy atom. The van der Waals surface area contributed by atoms with Crippen LogP contribution in [0, 0.1) is 11.3 Å². The second-order valence-electron chi connectivity index (χ2n) is 6.52. The van der Waals surface area contributed by atoms with Crippen molar-refractivity contribution in [3.05, 3.63) is 66.2 Å². The fraction of sp³-hybridized carbons (Fsp3) is 0.0952. The van der Waals surface area contributed by atoms with Gasteiger partial charge in [-0.25, -0.2) is 4.98 Å². The number of pyridine rings is 1. The average molecular weight is 387 g/mol. The molecule has 5 rings (SSSR count). The van der Waals surface area contributed by atoms with Gasteiger partial charge in [-0.3, -0.25) is 4.68 Å². The van der Waals surface area contributed by atoms with Crippen LogP contribution in [0.1, 0.15) is 6.42 Å². The number of H-pyrrole nitrogens is 1. The number of hydrogen-bond acceptors (Lipinski definition) is 3. The highest BCUT2D eigenvalue weighted by Gasteiger charge is 2.18. The second-order valence-corrected chi connectivity index (χ2v) is 6.92. The van der Waals surface area contributed by atoms with Crippen LogP contribution in [0.15, 0.2) is 61.2 Å². The molecule has 0 unspecified atom stereocenters. The molecule has 1 aromatic carbocycles. The summed E-state index contributed by atoms with van der Waals surface area (Å²) in [5.74, 6) is 0. The van der Waals surface area contributed by atoms with Crippen LogP contribution in [-0.4, -0.2) is 24.3 Å². The lowest BCUT2D eigenvalue weighted by molar-refractivity contribution is 0.627. The van der Waals surface area contributed by atoms with Crippen molar-refractivity contribution in [1.29, 1.82) is 5.26 Å². The average Bonchev–Trinajstić information content (AvgIpc) is 3.43. The van der Waals surface area contributed by atoms with E-state index in [2.05, 4.69) is 31.8 Å². The molecule has 0 aliphatic carbocycles. The molecule has 7 heteroatoms. The molecule has 6 nitrogen and oxygen atoms in total. The van der Waals surface area contributed by atoms with Gasteiger partial charge in [-0.05, 0) is 18.2 Å². The third-order valence-corrected chi connectivity index (χ3v) is 5.15. The molecule has 0 aliphatic heterocycles. The molecule has 0 bridgehead atoms. The van der Waals surface area contributed by atoms with E-state index in [-0.39, 0.29) is 0 Å². The van der Waals surface area contributed by atoms with Gasteiger partial charge in [0, 0.05) is 39.9 Å². The maximum Gasteiger partial charge on any atom is 0.139 e. The minimum atomic E-state index is 0.414. The fourth-order valence-corrected chi connectivity index (χ4v) is 3.82. The van der Waals surface area contributed by atoms with Crippen LogP contribution in [0.2, 0.25) is 5.02 Å². The van der Waals surface area contributed by atoms with Crippen LogP contribution in [0.5, 0.6) is 0 Å². The number of hydrogen-bond donors (Lipinski definition) is 1. The van der Waals surface area contributed by atoms with E-state index in [4.69, 9.17) is 16.9 Å². The van der Waals surface area contributed by atoms with Gasteiger partial charge in [-0.2, -0.15) is 10.4 Å². The van der Waals surface area contributed by atoms with Gasteiger partial charge >= 0.3 is 0 Å². The summed E-state index contributed by atoms with van der Waals surface area (Å²) in [6, 6.07) is 14.1. The Balaban J connectivity index is 1.83. The number of halogens is 1. The number of fused-ring (bicyclic) bond motifs is 3. The molecule has 0 amide bonds. The van der Waals surface area contributed by atoms with Crippen LogP contribution in [0.4, 0.5) is 0 Å². The van der Waals surface area contributed by atoms with Gasteiger partial charge in [0.2, 0.25) is 0 Å². The number of rotatable bonds is 4. The highest BCUT2D eigenvalue weighted by atomic mass is 35.5. The third kappa shape index (κ3) is 2.56. The third-order valence-electron chi connectivity index (χ3n) is 4.82.